The van der Waals surface area contributed by atoms with Crippen LogP contribution in [0.4, 0.5) is 0 Å². The molecule has 1 saturated carbocycles. The molecule has 2 aliphatic rings. The topological polar surface area (TPSA) is 93.1 Å². The predicted octanol–water partition coefficient (Wildman–Crippen LogP) is 7.05. The summed E-state index contributed by atoms with van der Waals surface area (Å²) in [5.74, 6) is 1.77. The third-order valence-corrected chi connectivity index (χ3v) is 9.56. The molecule has 2 N–H and O–H groups in total. The van der Waals surface area contributed by atoms with E-state index in [1.54, 1.807) is 12.7 Å². The number of rotatable bonds is 15. The van der Waals surface area contributed by atoms with Crippen LogP contribution in [-0.2, 0) is 38.3 Å². The van der Waals surface area contributed by atoms with Gasteiger partial charge in [0.05, 0.1) is 25.4 Å². The van der Waals surface area contributed by atoms with Crippen molar-refractivity contribution < 1.29 is 29.3 Å². The van der Waals surface area contributed by atoms with Crippen molar-refractivity contribution in [1.82, 2.24) is 0 Å². The van der Waals surface area contributed by atoms with Gasteiger partial charge in [0.2, 0.25) is 0 Å². The zero-order valence-electron chi connectivity index (χ0n) is 27.5. The fourth-order valence-corrected chi connectivity index (χ4v) is 6.74. The number of benzene rings is 2. The molecule has 0 saturated heterocycles. The van der Waals surface area contributed by atoms with Crippen molar-refractivity contribution in [2.45, 2.75) is 89.4 Å². The molecule has 2 aromatic carbocycles. The smallest absolute Gasteiger partial charge is 0.335 e. The number of aldehydes is 1. The fraction of sp³-hybridized carbons (Fsp3) is 0.538. The van der Waals surface area contributed by atoms with Crippen LogP contribution in [0.2, 0.25) is 0 Å². The van der Waals surface area contributed by atoms with E-state index in [1.807, 2.05) is 0 Å². The van der Waals surface area contributed by atoms with Gasteiger partial charge < -0.3 is 19.7 Å². The van der Waals surface area contributed by atoms with Crippen molar-refractivity contribution in [3.8, 4) is 0 Å². The Balaban J connectivity index is 0.000000838. The molecule has 45 heavy (non-hydrogen) atoms. The maximum Gasteiger partial charge on any atom is 0.335 e. The molecule has 0 heterocycles. The van der Waals surface area contributed by atoms with Crippen LogP contribution >= 0.6 is 0 Å². The van der Waals surface area contributed by atoms with Crippen LogP contribution in [0.15, 0.2) is 66.8 Å². The highest BCUT2D eigenvalue weighted by atomic mass is 16.5. The molecule has 0 aliphatic heterocycles. The lowest BCUT2D eigenvalue weighted by molar-refractivity contribution is -0.140. The molecular weight excluding hydrogens is 564 g/mol. The molecule has 0 bridgehead atoms. The number of carbonyl (C=O) groups is 2. The zero-order valence-corrected chi connectivity index (χ0v) is 27.5. The van der Waals surface area contributed by atoms with E-state index in [4.69, 9.17) is 19.7 Å². The molecule has 246 valence electrons. The number of hydrogen-bond donors (Lipinski definition) is 2. The van der Waals surface area contributed by atoms with Crippen molar-refractivity contribution in [3.63, 3.8) is 0 Å². The van der Waals surface area contributed by atoms with E-state index in [1.165, 1.54) is 80.9 Å². The Morgan fingerprint density at radius 3 is 2.27 bits per heavy atom. The van der Waals surface area contributed by atoms with Gasteiger partial charge in [0, 0.05) is 18.6 Å². The van der Waals surface area contributed by atoms with E-state index in [2.05, 4.69) is 62.5 Å². The minimum Gasteiger partial charge on any atom is -0.462 e. The van der Waals surface area contributed by atoms with Crippen molar-refractivity contribution in [2.75, 3.05) is 33.5 Å². The Bertz CT molecular complexity index is 1220. The van der Waals surface area contributed by atoms with Gasteiger partial charge in [0.1, 0.15) is 12.9 Å². The van der Waals surface area contributed by atoms with Gasteiger partial charge in [-0.1, -0.05) is 75.4 Å². The van der Waals surface area contributed by atoms with E-state index in [0.717, 1.165) is 29.7 Å². The number of aryl methyl sites for hydroxylation is 2. The highest BCUT2D eigenvalue weighted by molar-refractivity contribution is 5.87. The minimum atomic E-state index is -0.548. The lowest BCUT2D eigenvalue weighted by Crippen LogP contribution is -2.26. The molecule has 4 rings (SSSR count). The molecular formula is C39H54O6. The summed E-state index contributed by atoms with van der Waals surface area (Å²) in [6.07, 6.45) is 14.6. The molecule has 0 radical (unpaired) electrons. The number of unbranched alkanes of at least 4 members (excludes halogenated alkanes) is 2. The molecule has 2 atom stereocenters. The fourth-order valence-electron chi connectivity index (χ4n) is 6.74. The third-order valence-electron chi connectivity index (χ3n) is 9.56. The standard InChI is InChI=1S/C35H48O4.C4H6O2/c1-4-5-6-7-26-8-10-27(11-9-26)28-12-14-29(15-13-28)30-16-17-32-21-33(19-18-31(32)20-30)34(23-38-3)24-39-35(37)25(2)22-36;1-4(2-5)3-6/h8-11,18-19,21,28-30,34,36H,2,4-7,12-17,20,22-24H2,1,3H3;2,6H,1,3H2. The zero-order chi connectivity index (χ0) is 32.6. The van der Waals surface area contributed by atoms with E-state index in [0.29, 0.717) is 12.9 Å². The minimum absolute atomic E-state index is 0.0332. The first-order chi connectivity index (χ1) is 21.8. The largest absolute Gasteiger partial charge is 0.462 e. The summed E-state index contributed by atoms with van der Waals surface area (Å²) in [6.45, 7) is 9.07. The normalized spacial score (nSPS) is 19.8. The molecule has 0 aromatic heterocycles. The molecule has 6 heteroatoms. The van der Waals surface area contributed by atoms with Gasteiger partial charge in [-0.15, -0.1) is 0 Å². The first-order valence-electron chi connectivity index (χ1n) is 16.7. The van der Waals surface area contributed by atoms with E-state index in [-0.39, 0.29) is 36.9 Å². The van der Waals surface area contributed by atoms with Crippen molar-refractivity contribution in [1.29, 1.82) is 0 Å². The highest BCUT2D eigenvalue weighted by Crippen LogP contribution is 2.43. The Kier molecular flexibility index (Phi) is 15.7. The Hall–Kier alpha value is -3.06. The third kappa shape index (κ3) is 11.4. The van der Waals surface area contributed by atoms with Crippen molar-refractivity contribution in [2.24, 2.45) is 11.8 Å². The van der Waals surface area contributed by atoms with Crippen LogP contribution in [0.5, 0.6) is 0 Å². The van der Waals surface area contributed by atoms with Crippen LogP contribution in [0.3, 0.4) is 0 Å². The van der Waals surface area contributed by atoms with Crippen LogP contribution in [0.1, 0.15) is 97.9 Å². The molecule has 0 spiro atoms. The van der Waals surface area contributed by atoms with E-state index < -0.39 is 5.97 Å². The lowest BCUT2D eigenvalue weighted by atomic mass is 9.68. The first-order valence-corrected chi connectivity index (χ1v) is 16.7. The number of esters is 1. The summed E-state index contributed by atoms with van der Waals surface area (Å²) < 4.78 is 10.8. The second-order valence-electron chi connectivity index (χ2n) is 12.8. The Labute approximate surface area is 270 Å². The number of aliphatic hydroxyl groups is 2. The average Bonchev–Trinajstić information content (AvgIpc) is 3.09. The van der Waals surface area contributed by atoms with Gasteiger partial charge in [-0.2, -0.15) is 0 Å². The van der Waals surface area contributed by atoms with Crippen LogP contribution in [0, 0.1) is 11.8 Å². The van der Waals surface area contributed by atoms with Gasteiger partial charge in [-0.25, -0.2) is 4.79 Å². The first kappa shape index (κ1) is 36.4. The number of ether oxygens (including phenoxy) is 2. The maximum absolute atomic E-state index is 12.0. The number of hydrogen-bond acceptors (Lipinski definition) is 6. The van der Waals surface area contributed by atoms with Gasteiger partial charge in [-0.3, -0.25) is 4.79 Å². The second-order valence-corrected chi connectivity index (χ2v) is 12.8. The quantitative estimate of drug-likeness (QED) is 0.0962. The van der Waals surface area contributed by atoms with Gasteiger partial charge in [-0.05, 0) is 103 Å². The molecule has 0 amide bonds. The average molecular weight is 619 g/mol. The highest BCUT2D eigenvalue weighted by Gasteiger charge is 2.31. The SMILES string of the molecule is C=C(C=O)CO.C=C(CO)C(=O)OCC(COC)c1ccc2c(c1)CCC(C1CCC(c3ccc(CCCCC)cc3)CC1)C2. The summed E-state index contributed by atoms with van der Waals surface area (Å²) in [6, 6.07) is 16.3. The monoisotopic (exact) mass is 618 g/mol. The summed E-state index contributed by atoms with van der Waals surface area (Å²) in [4.78, 5) is 21.4. The van der Waals surface area contributed by atoms with Gasteiger partial charge >= 0.3 is 5.97 Å². The molecule has 2 aromatic rings. The number of carbonyl (C=O) groups excluding carboxylic acids is 2. The molecule has 6 nitrogen and oxygen atoms in total. The maximum atomic E-state index is 12.0. The number of methoxy groups -OCH3 is 1. The second kappa shape index (κ2) is 19.5. The summed E-state index contributed by atoms with van der Waals surface area (Å²) in [7, 11) is 1.67. The summed E-state index contributed by atoms with van der Waals surface area (Å²) in [5, 5.41) is 17.1. The summed E-state index contributed by atoms with van der Waals surface area (Å²) >= 11 is 0. The van der Waals surface area contributed by atoms with Gasteiger partial charge in [0.15, 0.2) is 0 Å². The Morgan fingerprint density at radius 2 is 1.67 bits per heavy atom. The van der Waals surface area contributed by atoms with Crippen LogP contribution in [-0.4, -0.2) is 56.0 Å². The molecule has 1 fully saturated rings. The molecule has 2 unspecified atom stereocenters. The van der Waals surface area contributed by atoms with E-state index in [9.17, 15) is 9.59 Å². The van der Waals surface area contributed by atoms with Crippen molar-refractivity contribution >= 4 is 12.3 Å². The van der Waals surface area contributed by atoms with E-state index >= 15 is 0 Å². The number of aliphatic hydroxyl groups excluding tert-OH is 2. The van der Waals surface area contributed by atoms with Crippen LogP contribution in [0.25, 0.3) is 0 Å². The Morgan fingerprint density at radius 1 is 0.933 bits per heavy atom. The lowest BCUT2D eigenvalue weighted by Gasteiger charge is -2.37. The van der Waals surface area contributed by atoms with Crippen molar-refractivity contribution in [3.05, 3.63) is 94.6 Å². The van der Waals surface area contributed by atoms with Gasteiger partial charge in [0.25, 0.3) is 0 Å². The summed E-state index contributed by atoms with van der Waals surface area (Å²) in [5.41, 5.74) is 7.40. The van der Waals surface area contributed by atoms with Crippen LogP contribution < -0.4 is 0 Å². The molecule has 2 aliphatic carbocycles. The predicted molar refractivity (Wildman–Crippen MR) is 180 cm³/mol. The number of fused-ring (bicyclic) bond motifs is 1.